The topological polar surface area (TPSA) is 37.3 Å². The van der Waals surface area contributed by atoms with Crippen LogP contribution in [0.1, 0.15) is 96.8 Å². The first-order chi connectivity index (χ1) is 9.77. The van der Waals surface area contributed by atoms with Crippen molar-refractivity contribution in [3.63, 3.8) is 0 Å². The third-order valence-corrected chi connectivity index (χ3v) is 3.65. The summed E-state index contributed by atoms with van der Waals surface area (Å²) in [7, 11) is 0. The molecule has 0 aromatic carbocycles. The maximum absolute atomic E-state index is 10.3. The molecule has 0 fully saturated rings. The molecular formula is C18H34InO2. The van der Waals surface area contributed by atoms with Gasteiger partial charge in [0.05, 0.1) is 0 Å². The molecule has 0 rings (SSSR count). The van der Waals surface area contributed by atoms with E-state index in [2.05, 4.69) is 19.1 Å². The fourth-order valence-corrected chi connectivity index (χ4v) is 2.35. The Labute approximate surface area is 150 Å². The van der Waals surface area contributed by atoms with E-state index >= 15 is 0 Å². The number of carbonyl (C=O) groups is 1. The summed E-state index contributed by atoms with van der Waals surface area (Å²) in [4.78, 5) is 10.3. The Morgan fingerprint density at radius 2 is 1.19 bits per heavy atom. The zero-order valence-electron chi connectivity index (χ0n) is 14.0. The molecule has 0 amide bonds. The van der Waals surface area contributed by atoms with E-state index in [1.165, 1.54) is 70.6 Å². The molecule has 3 heteroatoms. The first kappa shape index (κ1) is 23.3. The monoisotopic (exact) mass is 397 g/mol. The quantitative estimate of drug-likeness (QED) is 0.283. The van der Waals surface area contributed by atoms with Crippen molar-refractivity contribution in [2.24, 2.45) is 0 Å². The van der Waals surface area contributed by atoms with Gasteiger partial charge >= 0.3 is 5.97 Å². The van der Waals surface area contributed by atoms with Crippen LogP contribution in [0.2, 0.25) is 0 Å². The van der Waals surface area contributed by atoms with Crippen molar-refractivity contribution >= 4 is 31.8 Å². The second-order valence-corrected chi connectivity index (χ2v) is 5.73. The number of unbranched alkanes of at least 4 members (excludes halogenated alkanes) is 11. The second-order valence-electron chi connectivity index (χ2n) is 5.73. The zero-order chi connectivity index (χ0) is 14.9. The van der Waals surface area contributed by atoms with Crippen LogP contribution in [0.5, 0.6) is 0 Å². The average molecular weight is 397 g/mol. The van der Waals surface area contributed by atoms with E-state index in [-0.39, 0.29) is 25.8 Å². The van der Waals surface area contributed by atoms with Crippen molar-refractivity contribution in [3.8, 4) is 0 Å². The Kier molecular flexibility index (Phi) is 22.3. The van der Waals surface area contributed by atoms with Crippen LogP contribution >= 0.6 is 0 Å². The van der Waals surface area contributed by atoms with Crippen molar-refractivity contribution in [2.45, 2.75) is 96.8 Å². The molecule has 121 valence electrons. The number of aliphatic carboxylic acids is 1. The summed E-state index contributed by atoms with van der Waals surface area (Å²) in [6.45, 7) is 2.26. The summed E-state index contributed by atoms with van der Waals surface area (Å²) in [6.07, 6.45) is 21.2. The Hall–Kier alpha value is 0.0801. The molecule has 0 saturated heterocycles. The van der Waals surface area contributed by atoms with Crippen LogP contribution in [0.3, 0.4) is 0 Å². The fraction of sp³-hybridized carbons (Fsp3) is 0.833. The molecule has 0 aromatic heterocycles. The Morgan fingerprint density at radius 1 is 0.762 bits per heavy atom. The van der Waals surface area contributed by atoms with Gasteiger partial charge in [-0.2, -0.15) is 0 Å². The number of rotatable bonds is 15. The van der Waals surface area contributed by atoms with Gasteiger partial charge in [0.1, 0.15) is 0 Å². The molecule has 0 unspecified atom stereocenters. The Bertz CT molecular complexity index is 239. The number of hydrogen-bond acceptors (Lipinski definition) is 1. The third kappa shape index (κ3) is 22.5. The predicted octanol–water partition coefficient (Wildman–Crippen LogP) is 5.73. The molecule has 3 radical (unpaired) electrons. The van der Waals surface area contributed by atoms with E-state index in [4.69, 9.17) is 5.11 Å². The smallest absolute Gasteiger partial charge is 0.303 e. The van der Waals surface area contributed by atoms with Gasteiger partial charge in [-0.15, -0.1) is 0 Å². The SMILES string of the molecule is CCCCCCCCC=CCCCCCCCC(=O)O.[In]. The van der Waals surface area contributed by atoms with E-state index in [0.717, 1.165) is 12.8 Å². The van der Waals surface area contributed by atoms with Crippen LogP contribution in [-0.4, -0.2) is 36.9 Å². The number of allylic oxidation sites excluding steroid dienone is 2. The Balaban J connectivity index is 0. The van der Waals surface area contributed by atoms with Gasteiger partial charge in [0.15, 0.2) is 0 Å². The van der Waals surface area contributed by atoms with Crippen molar-refractivity contribution in [1.82, 2.24) is 0 Å². The number of hydrogen-bond donors (Lipinski definition) is 1. The van der Waals surface area contributed by atoms with Crippen LogP contribution in [0.15, 0.2) is 12.2 Å². The van der Waals surface area contributed by atoms with Crippen LogP contribution in [0, 0.1) is 0 Å². The summed E-state index contributed by atoms with van der Waals surface area (Å²) in [5.41, 5.74) is 0. The van der Waals surface area contributed by atoms with Gasteiger partial charge < -0.3 is 5.11 Å². The first-order valence-electron chi connectivity index (χ1n) is 8.64. The molecule has 0 aliphatic rings. The molecule has 0 saturated carbocycles. The standard InChI is InChI=1S/C18H34O2.In/c1-2-3-4-5-6-7-8-9-10-11-12-13-14-15-16-17-18(19)20;/h9-10H,2-8,11-17H2,1H3,(H,19,20);. The molecule has 2 nitrogen and oxygen atoms in total. The molecule has 1 N–H and O–H groups in total. The Morgan fingerprint density at radius 3 is 1.67 bits per heavy atom. The third-order valence-electron chi connectivity index (χ3n) is 3.65. The van der Waals surface area contributed by atoms with Crippen molar-refractivity contribution < 1.29 is 9.90 Å². The van der Waals surface area contributed by atoms with Crippen LogP contribution in [0.4, 0.5) is 0 Å². The molecule has 0 atom stereocenters. The first-order valence-corrected chi connectivity index (χ1v) is 8.64. The van der Waals surface area contributed by atoms with Gasteiger partial charge in [0.2, 0.25) is 0 Å². The van der Waals surface area contributed by atoms with Crippen LogP contribution in [0.25, 0.3) is 0 Å². The summed E-state index contributed by atoms with van der Waals surface area (Å²) >= 11 is 0. The number of carboxylic acid groups (broad SMARTS) is 1. The van der Waals surface area contributed by atoms with Crippen LogP contribution in [-0.2, 0) is 4.79 Å². The van der Waals surface area contributed by atoms with E-state index in [9.17, 15) is 4.79 Å². The summed E-state index contributed by atoms with van der Waals surface area (Å²) in [5, 5.41) is 8.51. The van der Waals surface area contributed by atoms with E-state index in [0.29, 0.717) is 6.42 Å². The molecular weight excluding hydrogens is 363 g/mol. The van der Waals surface area contributed by atoms with Gasteiger partial charge in [-0.1, -0.05) is 70.4 Å². The zero-order valence-corrected chi connectivity index (χ0v) is 17.3. The van der Waals surface area contributed by atoms with Crippen molar-refractivity contribution in [1.29, 1.82) is 0 Å². The maximum atomic E-state index is 10.3. The summed E-state index contributed by atoms with van der Waals surface area (Å²) in [5.74, 6) is -0.664. The van der Waals surface area contributed by atoms with Gasteiger partial charge in [-0.25, -0.2) is 0 Å². The summed E-state index contributed by atoms with van der Waals surface area (Å²) < 4.78 is 0. The minimum atomic E-state index is -0.664. The molecule has 21 heavy (non-hydrogen) atoms. The van der Waals surface area contributed by atoms with Crippen LogP contribution < -0.4 is 0 Å². The van der Waals surface area contributed by atoms with E-state index in [1.807, 2.05) is 0 Å². The molecule has 0 bridgehead atoms. The van der Waals surface area contributed by atoms with Gasteiger partial charge in [-0.3, -0.25) is 4.79 Å². The van der Waals surface area contributed by atoms with E-state index in [1.54, 1.807) is 0 Å². The van der Waals surface area contributed by atoms with Gasteiger partial charge in [-0.05, 0) is 32.1 Å². The predicted molar refractivity (Wildman–Crippen MR) is 92.8 cm³/mol. The average Bonchev–Trinajstić information content (AvgIpc) is 2.43. The molecule has 0 aromatic rings. The molecule has 0 heterocycles. The number of carboxylic acids is 1. The largest absolute Gasteiger partial charge is 0.481 e. The van der Waals surface area contributed by atoms with E-state index < -0.39 is 5.97 Å². The molecule has 0 spiro atoms. The molecule has 0 aliphatic carbocycles. The summed E-state index contributed by atoms with van der Waals surface area (Å²) in [6, 6.07) is 0. The van der Waals surface area contributed by atoms with Crippen molar-refractivity contribution in [2.75, 3.05) is 0 Å². The normalized spacial score (nSPS) is 10.7. The van der Waals surface area contributed by atoms with Gasteiger partial charge in [0.25, 0.3) is 0 Å². The minimum absolute atomic E-state index is 0. The van der Waals surface area contributed by atoms with Crippen molar-refractivity contribution in [3.05, 3.63) is 12.2 Å². The maximum Gasteiger partial charge on any atom is 0.303 e. The molecule has 0 aliphatic heterocycles. The second kappa shape index (κ2) is 20.1. The minimum Gasteiger partial charge on any atom is -0.481 e. The fourth-order valence-electron chi connectivity index (χ4n) is 2.35. The van der Waals surface area contributed by atoms with Gasteiger partial charge in [0, 0.05) is 32.3 Å².